The summed E-state index contributed by atoms with van der Waals surface area (Å²) in [6, 6.07) is 13.3. The van der Waals surface area contributed by atoms with E-state index in [2.05, 4.69) is 26.0 Å². The third kappa shape index (κ3) is 4.23. The zero-order valence-electron chi connectivity index (χ0n) is 11.9. The fraction of sp³-hybridized carbons (Fsp3) is 0.188. The Kier molecular flexibility index (Phi) is 5.22. The van der Waals surface area contributed by atoms with Crippen LogP contribution in [0.4, 0.5) is 10.5 Å². The van der Waals surface area contributed by atoms with E-state index in [1.807, 2.05) is 49.4 Å². The van der Waals surface area contributed by atoms with Gasteiger partial charge < -0.3 is 9.47 Å². The molecule has 1 amide bonds. The Morgan fingerprint density at radius 3 is 2.71 bits per heavy atom. The van der Waals surface area contributed by atoms with Crippen molar-refractivity contribution in [2.45, 2.75) is 13.5 Å². The van der Waals surface area contributed by atoms with Gasteiger partial charge in [0.05, 0.1) is 12.8 Å². The van der Waals surface area contributed by atoms with Crippen molar-refractivity contribution in [3.8, 4) is 5.75 Å². The first kappa shape index (κ1) is 15.4. The van der Waals surface area contributed by atoms with Crippen molar-refractivity contribution >= 4 is 27.7 Å². The van der Waals surface area contributed by atoms with E-state index < -0.39 is 6.09 Å². The lowest BCUT2D eigenvalue weighted by molar-refractivity contribution is 0.187. The second-order valence-corrected chi connectivity index (χ2v) is 5.39. The summed E-state index contributed by atoms with van der Waals surface area (Å²) in [5.74, 6) is 0.811. The molecule has 0 heterocycles. The second kappa shape index (κ2) is 7.13. The average molecular weight is 350 g/mol. The van der Waals surface area contributed by atoms with E-state index in [4.69, 9.17) is 4.74 Å². The number of aryl methyl sites for hydroxylation is 1. The Morgan fingerprint density at radius 1 is 1.24 bits per heavy atom. The van der Waals surface area contributed by atoms with Crippen LogP contribution in [0.3, 0.4) is 0 Å². The van der Waals surface area contributed by atoms with Crippen LogP contribution in [-0.4, -0.2) is 13.2 Å². The maximum absolute atomic E-state index is 11.3. The van der Waals surface area contributed by atoms with Crippen molar-refractivity contribution in [1.29, 1.82) is 0 Å². The van der Waals surface area contributed by atoms with Crippen molar-refractivity contribution in [3.05, 3.63) is 58.1 Å². The maximum atomic E-state index is 11.3. The van der Waals surface area contributed by atoms with E-state index in [1.54, 1.807) is 0 Å². The minimum Gasteiger partial charge on any atom is -0.489 e. The molecule has 2 aromatic carbocycles. The van der Waals surface area contributed by atoms with E-state index in [0.29, 0.717) is 12.3 Å². The monoisotopic (exact) mass is 349 g/mol. The molecule has 0 atom stereocenters. The van der Waals surface area contributed by atoms with Crippen molar-refractivity contribution < 1.29 is 14.3 Å². The Morgan fingerprint density at radius 2 is 2.00 bits per heavy atom. The van der Waals surface area contributed by atoms with Crippen molar-refractivity contribution in [2.75, 3.05) is 12.4 Å². The van der Waals surface area contributed by atoms with Crippen molar-refractivity contribution in [1.82, 2.24) is 0 Å². The standard InChI is InChI=1S/C16H16BrNO3/c1-11-9-13(17)7-8-15(11)21-10-12-5-3-4-6-14(12)18-16(19)20-2/h3-9H,10H2,1-2H3,(H,18,19). The molecule has 0 unspecified atom stereocenters. The van der Waals surface area contributed by atoms with Crippen LogP contribution in [0.15, 0.2) is 46.9 Å². The topological polar surface area (TPSA) is 47.6 Å². The zero-order chi connectivity index (χ0) is 15.2. The Hall–Kier alpha value is -2.01. The largest absolute Gasteiger partial charge is 0.489 e. The van der Waals surface area contributed by atoms with Gasteiger partial charge in [-0.2, -0.15) is 0 Å². The predicted molar refractivity (Wildman–Crippen MR) is 85.7 cm³/mol. The minimum absolute atomic E-state index is 0.364. The number of hydrogen-bond donors (Lipinski definition) is 1. The Labute approximate surface area is 132 Å². The number of ether oxygens (including phenoxy) is 2. The summed E-state index contributed by atoms with van der Waals surface area (Å²) in [6.45, 7) is 2.35. The highest BCUT2D eigenvalue weighted by Gasteiger charge is 2.07. The van der Waals surface area contributed by atoms with Gasteiger partial charge in [0.2, 0.25) is 0 Å². The molecule has 0 bridgehead atoms. The summed E-state index contributed by atoms with van der Waals surface area (Å²) in [4.78, 5) is 11.3. The molecule has 0 fully saturated rings. The molecule has 1 N–H and O–H groups in total. The van der Waals surface area contributed by atoms with Gasteiger partial charge in [-0.25, -0.2) is 4.79 Å². The molecule has 4 nitrogen and oxygen atoms in total. The molecule has 21 heavy (non-hydrogen) atoms. The number of nitrogens with one attached hydrogen (secondary N) is 1. The minimum atomic E-state index is -0.498. The molecule has 0 aliphatic rings. The first-order chi connectivity index (χ1) is 10.1. The summed E-state index contributed by atoms with van der Waals surface area (Å²) < 4.78 is 11.4. The molecule has 2 rings (SSSR count). The van der Waals surface area contributed by atoms with Crippen molar-refractivity contribution in [2.24, 2.45) is 0 Å². The summed E-state index contributed by atoms with van der Waals surface area (Å²) in [5, 5.41) is 2.67. The predicted octanol–water partition coefficient (Wildman–Crippen LogP) is 4.51. The molecule has 0 saturated carbocycles. The Bertz CT molecular complexity index is 643. The van der Waals surface area contributed by atoms with Crippen LogP contribution >= 0.6 is 15.9 Å². The lowest BCUT2D eigenvalue weighted by Crippen LogP contribution is -2.13. The maximum Gasteiger partial charge on any atom is 0.411 e. The first-order valence-corrected chi connectivity index (χ1v) is 7.21. The summed E-state index contributed by atoms with van der Waals surface area (Å²) in [5.41, 5.74) is 2.60. The molecular weight excluding hydrogens is 334 g/mol. The summed E-state index contributed by atoms with van der Waals surface area (Å²) in [7, 11) is 1.33. The molecule has 0 aromatic heterocycles. The van der Waals surface area contributed by atoms with Gasteiger partial charge in [-0.1, -0.05) is 34.1 Å². The fourth-order valence-electron chi connectivity index (χ4n) is 1.86. The van der Waals surface area contributed by atoms with Gasteiger partial charge in [-0.15, -0.1) is 0 Å². The van der Waals surface area contributed by atoms with Crippen LogP contribution in [0.5, 0.6) is 5.75 Å². The number of amides is 1. The van der Waals surface area contributed by atoms with E-state index in [9.17, 15) is 4.79 Å². The van der Waals surface area contributed by atoms with Crippen LogP contribution < -0.4 is 10.1 Å². The van der Waals surface area contributed by atoms with E-state index >= 15 is 0 Å². The van der Waals surface area contributed by atoms with Crippen LogP contribution in [0.1, 0.15) is 11.1 Å². The third-order valence-corrected chi connectivity index (χ3v) is 3.45. The zero-order valence-corrected chi connectivity index (χ0v) is 13.4. The third-order valence-electron chi connectivity index (χ3n) is 2.96. The van der Waals surface area contributed by atoms with Gasteiger partial charge in [0.1, 0.15) is 12.4 Å². The molecule has 0 radical (unpaired) electrons. The van der Waals surface area contributed by atoms with E-state index in [1.165, 1.54) is 7.11 Å². The molecule has 0 spiro atoms. The molecule has 2 aromatic rings. The first-order valence-electron chi connectivity index (χ1n) is 6.42. The molecule has 5 heteroatoms. The van der Waals surface area contributed by atoms with Gasteiger partial charge in [0, 0.05) is 10.0 Å². The van der Waals surface area contributed by atoms with E-state index in [-0.39, 0.29) is 0 Å². The number of para-hydroxylation sites is 1. The number of anilines is 1. The highest BCUT2D eigenvalue weighted by molar-refractivity contribution is 9.10. The van der Waals surface area contributed by atoms with Crippen LogP contribution in [-0.2, 0) is 11.3 Å². The van der Waals surface area contributed by atoms with Crippen molar-refractivity contribution in [3.63, 3.8) is 0 Å². The smallest absolute Gasteiger partial charge is 0.411 e. The summed E-state index contributed by atoms with van der Waals surface area (Å²) in [6.07, 6.45) is -0.498. The van der Waals surface area contributed by atoms with Gasteiger partial charge in [-0.3, -0.25) is 5.32 Å². The number of benzene rings is 2. The number of hydrogen-bond acceptors (Lipinski definition) is 3. The number of carbonyl (C=O) groups is 1. The van der Waals surface area contributed by atoms with Crippen LogP contribution in [0.25, 0.3) is 0 Å². The SMILES string of the molecule is COC(=O)Nc1ccccc1COc1ccc(Br)cc1C. The highest BCUT2D eigenvalue weighted by Crippen LogP contribution is 2.24. The fourth-order valence-corrected chi connectivity index (χ4v) is 2.33. The molecule has 0 saturated heterocycles. The van der Waals surface area contributed by atoms with Gasteiger partial charge in [-0.05, 0) is 36.8 Å². The molecule has 0 aliphatic carbocycles. The van der Waals surface area contributed by atoms with Crippen LogP contribution in [0.2, 0.25) is 0 Å². The number of methoxy groups -OCH3 is 1. The quantitative estimate of drug-likeness (QED) is 0.882. The summed E-state index contributed by atoms with van der Waals surface area (Å²) >= 11 is 3.42. The van der Waals surface area contributed by atoms with Gasteiger partial charge >= 0.3 is 6.09 Å². The van der Waals surface area contributed by atoms with E-state index in [0.717, 1.165) is 21.3 Å². The number of carbonyl (C=O) groups excluding carboxylic acids is 1. The normalized spacial score (nSPS) is 10.0. The lowest BCUT2D eigenvalue weighted by Gasteiger charge is -2.13. The average Bonchev–Trinajstić information content (AvgIpc) is 2.47. The molecule has 110 valence electrons. The highest BCUT2D eigenvalue weighted by atomic mass is 79.9. The lowest BCUT2D eigenvalue weighted by atomic mass is 10.2. The molecule has 0 aliphatic heterocycles. The van der Waals surface area contributed by atoms with Gasteiger partial charge in [0.25, 0.3) is 0 Å². The number of halogens is 1. The number of rotatable bonds is 4. The molecular formula is C16H16BrNO3. The Balaban J connectivity index is 2.11. The second-order valence-electron chi connectivity index (χ2n) is 4.47. The van der Waals surface area contributed by atoms with Gasteiger partial charge in [0.15, 0.2) is 0 Å². The van der Waals surface area contributed by atoms with Crippen LogP contribution in [0, 0.1) is 6.92 Å².